The number of para-hydroxylation sites is 2. The Morgan fingerprint density at radius 2 is 1.24 bits per heavy atom. The highest BCUT2D eigenvalue weighted by Gasteiger charge is 2.22. The second-order valence-electron chi connectivity index (χ2n) is 9.84. The van der Waals surface area contributed by atoms with Crippen molar-refractivity contribution in [3.8, 4) is 0 Å². The summed E-state index contributed by atoms with van der Waals surface area (Å²) in [6.07, 6.45) is 0. The van der Waals surface area contributed by atoms with Crippen molar-refractivity contribution in [2.24, 2.45) is 0 Å². The van der Waals surface area contributed by atoms with Crippen molar-refractivity contribution in [2.45, 2.75) is 6.92 Å². The molecule has 0 atom stereocenters. The maximum absolute atomic E-state index is 6.55. The second-order valence-corrected chi connectivity index (χ2v) is 10.9. The van der Waals surface area contributed by atoms with E-state index in [0.717, 1.165) is 39.0 Å². The van der Waals surface area contributed by atoms with Crippen LogP contribution in [0.1, 0.15) is 5.56 Å². The Bertz CT molecular complexity index is 2150. The van der Waals surface area contributed by atoms with Crippen LogP contribution in [0.3, 0.4) is 0 Å². The molecule has 6 aromatic carbocycles. The summed E-state index contributed by atoms with van der Waals surface area (Å²) in [5.41, 5.74) is 6.32. The summed E-state index contributed by atoms with van der Waals surface area (Å²) in [7, 11) is 0. The second kappa shape index (κ2) is 8.20. The number of thiophene rings is 1. The zero-order valence-electron chi connectivity index (χ0n) is 20.8. The zero-order valence-corrected chi connectivity index (χ0v) is 21.6. The van der Waals surface area contributed by atoms with Crippen LogP contribution in [0.15, 0.2) is 126 Å². The first kappa shape index (κ1) is 21.5. The molecule has 0 fully saturated rings. The first-order valence-electron chi connectivity index (χ1n) is 12.9. The minimum absolute atomic E-state index is 0.897. The first-order chi connectivity index (χ1) is 18.8. The van der Waals surface area contributed by atoms with Gasteiger partial charge in [-0.25, -0.2) is 0 Å². The Kier molecular flexibility index (Phi) is 4.64. The molecule has 0 aliphatic heterocycles. The molecular formula is C35H23NOS. The fourth-order valence-corrected chi connectivity index (χ4v) is 6.94. The van der Waals surface area contributed by atoms with Gasteiger partial charge in [0.1, 0.15) is 5.58 Å². The van der Waals surface area contributed by atoms with Gasteiger partial charge in [-0.3, -0.25) is 0 Å². The number of rotatable bonds is 3. The maximum atomic E-state index is 6.55. The molecule has 2 aromatic heterocycles. The maximum Gasteiger partial charge on any atom is 0.159 e. The van der Waals surface area contributed by atoms with Crippen molar-refractivity contribution in [1.82, 2.24) is 0 Å². The minimum Gasteiger partial charge on any atom is -0.454 e. The summed E-state index contributed by atoms with van der Waals surface area (Å²) in [6.45, 7) is 2.13. The van der Waals surface area contributed by atoms with E-state index in [2.05, 4.69) is 121 Å². The van der Waals surface area contributed by atoms with Crippen LogP contribution in [0, 0.1) is 6.92 Å². The van der Waals surface area contributed by atoms with E-state index >= 15 is 0 Å². The molecule has 2 nitrogen and oxygen atoms in total. The Morgan fingerprint density at radius 1 is 0.553 bits per heavy atom. The van der Waals surface area contributed by atoms with Crippen LogP contribution in [0.4, 0.5) is 17.1 Å². The van der Waals surface area contributed by atoms with E-state index in [4.69, 9.17) is 4.42 Å². The van der Waals surface area contributed by atoms with Crippen LogP contribution < -0.4 is 4.90 Å². The molecule has 0 N–H and O–H groups in total. The molecule has 3 heteroatoms. The Morgan fingerprint density at radius 3 is 2.08 bits per heavy atom. The normalized spacial score (nSPS) is 11.8. The molecule has 8 aromatic rings. The summed E-state index contributed by atoms with van der Waals surface area (Å²) in [5.74, 6) is 0. The van der Waals surface area contributed by atoms with E-state index in [1.807, 2.05) is 23.5 Å². The molecule has 38 heavy (non-hydrogen) atoms. The molecule has 0 saturated heterocycles. The lowest BCUT2D eigenvalue weighted by Gasteiger charge is -2.27. The van der Waals surface area contributed by atoms with Gasteiger partial charge >= 0.3 is 0 Å². The topological polar surface area (TPSA) is 16.4 Å². The molecule has 0 aliphatic rings. The fraction of sp³-hybridized carbons (Fsp3) is 0.0286. The molecule has 0 aliphatic carbocycles. The molecule has 0 radical (unpaired) electrons. The van der Waals surface area contributed by atoms with Gasteiger partial charge in [0.25, 0.3) is 0 Å². The van der Waals surface area contributed by atoms with E-state index in [1.165, 1.54) is 36.5 Å². The van der Waals surface area contributed by atoms with Crippen LogP contribution in [-0.4, -0.2) is 0 Å². The van der Waals surface area contributed by atoms with Gasteiger partial charge in [0, 0.05) is 47.4 Å². The van der Waals surface area contributed by atoms with Crippen LogP contribution >= 0.6 is 11.3 Å². The average Bonchev–Trinajstić information content (AvgIpc) is 3.53. The Hall–Kier alpha value is -4.60. The van der Waals surface area contributed by atoms with Crippen molar-refractivity contribution in [3.05, 3.63) is 127 Å². The lowest BCUT2D eigenvalue weighted by molar-refractivity contribution is 0.669. The number of furan rings is 1. The van der Waals surface area contributed by atoms with Gasteiger partial charge in [-0.2, -0.15) is 0 Å². The molecule has 2 heterocycles. The number of nitrogens with zero attached hydrogens (tertiary/aromatic N) is 1. The first-order valence-corrected chi connectivity index (χ1v) is 13.7. The molecule has 8 rings (SSSR count). The van der Waals surface area contributed by atoms with Crippen molar-refractivity contribution in [2.75, 3.05) is 4.90 Å². The van der Waals surface area contributed by atoms with E-state index in [0.29, 0.717) is 0 Å². The van der Waals surface area contributed by atoms with Gasteiger partial charge in [-0.1, -0.05) is 90.5 Å². The van der Waals surface area contributed by atoms with Crippen LogP contribution in [0.25, 0.3) is 52.9 Å². The highest BCUT2D eigenvalue weighted by atomic mass is 32.1. The monoisotopic (exact) mass is 505 g/mol. The van der Waals surface area contributed by atoms with Crippen LogP contribution in [0.2, 0.25) is 0 Å². The minimum atomic E-state index is 0.897. The zero-order chi connectivity index (χ0) is 25.2. The molecule has 0 spiro atoms. The van der Waals surface area contributed by atoms with Gasteiger partial charge in [-0.15, -0.1) is 11.3 Å². The smallest absolute Gasteiger partial charge is 0.159 e. The van der Waals surface area contributed by atoms with Gasteiger partial charge in [0.15, 0.2) is 5.58 Å². The predicted molar refractivity (Wildman–Crippen MR) is 164 cm³/mol. The Labute approximate surface area is 224 Å². The lowest BCUT2D eigenvalue weighted by atomic mass is 10.0. The third-order valence-corrected chi connectivity index (χ3v) is 8.74. The van der Waals surface area contributed by atoms with Crippen molar-refractivity contribution >= 4 is 81.3 Å². The summed E-state index contributed by atoms with van der Waals surface area (Å²) in [5, 5.41) is 7.34. The van der Waals surface area contributed by atoms with Crippen LogP contribution in [0.5, 0.6) is 0 Å². The van der Waals surface area contributed by atoms with Gasteiger partial charge in [0.2, 0.25) is 0 Å². The van der Waals surface area contributed by atoms with Gasteiger partial charge < -0.3 is 9.32 Å². The number of aryl methyl sites for hydroxylation is 1. The SMILES string of the molecule is Cc1ccc(N(c2cc3c4ccccc4sc3c3ccccc23)c2cccc3c2oc2ccccc23)cc1. The average molecular weight is 506 g/mol. The molecular weight excluding hydrogens is 482 g/mol. The molecule has 0 amide bonds. The quantitative estimate of drug-likeness (QED) is 0.237. The van der Waals surface area contributed by atoms with Gasteiger partial charge in [0.05, 0.1) is 11.4 Å². The number of hydrogen-bond acceptors (Lipinski definition) is 3. The Balaban J connectivity index is 1.52. The predicted octanol–water partition coefficient (Wildman–Crippen LogP) is 10.9. The fourth-order valence-electron chi connectivity index (χ4n) is 5.72. The standard InChI is InChI=1S/C35H23NOS/c1-22-17-19-23(20-18-22)36(30-14-8-13-27-25-10-4-6-15-32(25)37-34(27)30)31-21-29-26-11-5-7-16-33(26)38-35(29)28-12-3-2-9-24(28)31/h2-21H,1H3. The van der Waals surface area contributed by atoms with Crippen LogP contribution in [-0.2, 0) is 0 Å². The van der Waals surface area contributed by atoms with Gasteiger partial charge in [-0.05, 0) is 43.3 Å². The van der Waals surface area contributed by atoms with E-state index in [1.54, 1.807) is 0 Å². The summed E-state index contributed by atoms with van der Waals surface area (Å²) in [4.78, 5) is 2.37. The summed E-state index contributed by atoms with van der Waals surface area (Å²) >= 11 is 1.87. The number of anilines is 3. The lowest BCUT2D eigenvalue weighted by Crippen LogP contribution is -2.11. The number of hydrogen-bond donors (Lipinski definition) is 0. The summed E-state index contributed by atoms with van der Waals surface area (Å²) < 4.78 is 9.19. The summed E-state index contributed by atoms with van der Waals surface area (Å²) in [6, 6.07) is 43.4. The molecule has 0 unspecified atom stereocenters. The van der Waals surface area contributed by atoms with E-state index in [-0.39, 0.29) is 0 Å². The highest BCUT2D eigenvalue weighted by molar-refractivity contribution is 7.26. The largest absolute Gasteiger partial charge is 0.454 e. The molecule has 0 bridgehead atoms. The molecule has 180 valence electrons. The van der Waals surface area contributed by atoms with E-state index < -0.39 is 0 Å². The highest BCUT2D eigenvalue weighted by Crippen LogP contribution is 2.48. The number of benzene rings is 6. The van der Waals surface area contributed by atoms with Crippen molar-refractivity contribution in [3.63, 3.8) is 0 Å². The molecule has 0 saturated carbocycles. The van der Waals surface area contributed by atoms with Crippen molar-refractivity contribution < 1.29 is 4.42 Å². The van der Waals surface area contributed by atoms with E-state index in [9.17, 15) is 0 Å². The third-order valence-electron chi connectivity index (χ3n) is 7.52. The third kappa shape index (κ3) is 3.12. The number of fused-ring (bicyclic) bond motifs is 8. The van der Waals surface area contributed by atoms with Crippen molar-refractivity contribution in [1.29, 1.82) is 0 Å².